The van der Waals surface area contributed by atoms with E-state index in [0.29, 0.717) is 6.04 Å². The van der Waals surface area contributed by atoms with Crippen molar-refractivity contribution in [2.75, 3.05) is 13.2 Å². The number of aryl methyl sites for hydroxylation is 1. The Hall–Kier alpha value is -0.860. The average molecular weight is 289 g/mol. The fourth-order valence-electron chi connectivity index (χ4n) is 3.68. The molecule has 0 saturated heterocycles. The topological polar surface area (TPSA) is 21.3 Å². The van der Waals surface area contributed by atoms with E-state index in [4.69, 9.17) is 4.74 Å². The van der Waals surface area contributed by atoms with Gasteiger partial charge in [-0.05, 0) is 51.1 Å². The highest BCUT2D eigenvalue weighted by Crippen LogP contribution is 2.37. The lowest BCUT2D eigenvalue weighted by molar-refractivity contribution is -0.0630. The van der Waals surface area contributed by atoms with Crippen molar-refractivity contribution in [2.45, 2.75) is 70.4 Å². The molecule has 0 bridgehead atoms. The van der Waals surface area contributed by atoms with E-state index in [-0.39, 0.29) is 5.60 Å². The Labute approximate surface area is 130 Å². The molecule has 1 aliphatic carbocycles. The molecule has 1 aromatic carbocycles. The summed E-state index contributed by atoms with van der Waals surface area (Å²) < 4.78 is 6.28. The molecular formula is C19H31NO. The van der Waals surface area contributed by atoms with Crippen LogP contribution in [-0.4, -0.2) is 24.8 Å². The van der Waals surface area contributed by atoms with Crippen LogP contribution in [0.15, 0.2) is 30.3 Å². The van der Waals surface area contributed by atoms with Gasteiger partial charge in [-0.15, -0.1) is 0 Å². The molecule has 1 unspecified atom stereocenters. The van der Waals surface area contributed by atoms with Gasteiger partial charge in [0.05, 0.1) is 5.60 Å². The second-order valence-corrected chi connectivity index (χ2v) is 6.24. The number of benzene rings is 1. The first-order valence-corrected chi connectivity index (χ1v) is 8.72. The Morgan fingerprint density at radius 3 is 2.48 bits per heavy atom. The third-order valence-corrected chi connectivity index (χ3v) is 4.72. The predicted molar refractivity (Wildman–Crippen MR) is 89.7 cm³/mol. The summed E-state index contributed by atoms with van der Waals surface area (Å²) in [5.74, 6) is 0. The highest BCUT2D eigenvalue weighted by molar-refractivity contribution is 5.15. The SMILES string of the molecule is CCCNC(CCc1ccccc1)C1(OCC)CCCC1. The molecule has 1 N–H and O–H groups in total. The number of hydrogen-bond donors (Lipinski definition) is 1. The molecule has 2 nitrogen and oxygen atoms in total. The van der Waals surface area contributed by atoms with E-state index >= 15 is 0 Å². The van der Waals surface area contributed by atoms with Gasteiger partial charge in [-0.25, -0.2) is 0 Å². The largest absolute Gasteiger partial charge is 0.374 e. The molecule has 0 amide bonds. The Balaban J connectivity index is 2.02. The normalized spacial score (nSPS) is 18.8. The molecule has 2 heteroatoms. The summed E-state index contributed by atoms with van der Waals surface area (Å²) >= 11 is 0. The molecule has 1 fully saturated rings. The standard InChI is InChI=1S/C19H31NO/c1-3-16-20-18(13-12-17-10-6-5-7-11-17)19(21-4-2)14-8-9-15-19/h5-7,10-11,18,20H,3-4,8-9,12-16H2,1-2H3. The van der Waals surface area contributed by atoms with Crippen molar-refractivity contribution in [1.82, 2.24) is 5.32 Å². The van der Waals surface area contributed by atoms with Crippen LogP contribution in [0.2, 0.25) is 0 Å². The second-order valence-electron chi connectivity index (χ2n) is 6.24. The molecule has 0 aliphatic heterocycles. The fraction of sp³-hybridized carbons (Fsp3) is 0.684. The number of hydrogen-bond acceptors (Lipinski definition) is 2. The smallest absolute Gasteiger partial charge is 0.0834 e. The molecule has 1 saturated carbocycles. The number of nitrogens with one attached hydrogen (secondary N) is 1. The maximum Gasteiger partial charge on any atom is 0.0834 e. The van der Waals surface area contributed by atoms with Crippen LogP contribution >= 0.6 is 0 Å². The van der Waals surface area contributed by atoms with E-state index in [1.54, 1.807) is 0 Å². The van der Waals surface area contributed by atoms with Crippen LogP contribution < -0.4 is 5.32 Å². The van der Waals surface area contributed by atoms with Crippen LogP contribution in [0.4, 0.5) is 0 Å². The molecule has 0 spiro atoms. The third-order valence-electron chi connectivity index (χ3n) is 4.72. The highest BCUT2D eigenvalue weighted by Gasteiger charge is 2.41. The van der Waals surface area contributed by atoms with Gasteiger partial charge in [-0.2, -0.15) is 0 Å². The van der Waals surface area contributed by atoms with Crippen molar-refractivity contribution < 1.29 is 4.74 Å². The lowest BCUT2D eigenvalue weighted by Crippen LogP contribution is -2.51. The number of ether oxygens (including phenoxy) is 1. The molecule has 1 atom stereocenters. The van der Waals surface area contributed by atoms with Gasteiger partial charge in [0.25, 0.3) is 0 Å². The van der Waals surface area contributed by atoms with Gasteiger partial charge in [0.1, 0.15) is 0 Å². The van der Waals surface area contributed by atoms with Crippen molar-refractivity contribution in [3.05, 3.63) is 35.9 Å². The van der Waals surface area contributed by atoms with Gasteiger partial charge in [0.15, 0.2) is 0 Å². The summed E-state index contributed by atoms with van der Waals surface area (Å²) in [6.45, 7) is 6.29. The molecule has 21 heavy (non-hydrogen) atoms. The summed E-state index contributed by atoms with van der Waals surface area (Å²) in [5.41, 5.74) is 1.52. The van der Waals surface area contributed by atoms with Gasteiger partial charge in [-0.3, -0.25) is 0 Å². The summed E-state index contributed by atoms with van der Waals surface area (Å²) in [6, 6.07) is 11.3. The van der Waals surface area contributed by atoms with Crippen LogP contribution in [0.25, 0.3) is 0 Å². The summed E-state index contributed by atoms with van der Waals surface area (Å²) in [4.78, 5) is 0. The van der Waals surface area contributed by atoms with Crippen molar-refractivity contribution in [1.29, 1.82) is 0 Å². The van der Waals surface area contributed by atoms with Gasteiger partial charge < -0.3 is 10.1 Å². The van der Waals surface area contributed by atoms with Gasteiger partial charge in [0, 0.05) is 12.6 Å². The van der Waals surface area contributed by atoms with E-state index in [1.807, 2.05) is 0 Å². The Kier molecular flexibility index (Phi) is 6.72. The van der Waals surface area contributed by atoms with Crippen molar-refractivity contribution in [3.63, 3.8) is 0 Å². The first-order valence-electron chi connectivity index (χ1n) is 8.72. The van der Waals surface area contributed by atoms with E-state index in [9.17, 15) is 0 Å². The monoisotopic (exact) mass is 289 g/mol. The summed E-state index contributed by atoms with van der Waals surface area (Å²) in [7, 11) is 0. The van der Waals surface area contributed by atoms with E-state index < -0.39 is 0 Å². The molecule has 1 aliphatic rings. The van der Waals surface area contributed by atoms with Crippen LogP contribution in [0.3, 0.4) is 0 Å². The Morgan fingerprint density at radius 2 is 1.86 bits per heavy atom. The van der Waals surface area contributed by atoms with Crippen LogP contribution in [-0.2, 0) is 11.2 Å². The van der Waals surface area contributed by atoms with E-state index in [0.717, 1.165) is 19.6 Å². The van der Waals surface area contributed by atoms with Crippen LogP contribution in [0, 0.1) is 0 Å². The maximum atomic E-state index is 6.28. The summed E-state index contributed by atoms with van der Waals surface area (Å²) in [6.07, 6.45) is 8.56. The summed E-state index contributed by atoms with van der Waals surface area (Å²) in [5, 5.41) is 3.78. The zero-order valence-electron chi connectivity index (χ0n) is 13.7. The van der Waals surface area contributed by atoms with Gasteiger partial charge in [0.2, 0.25) is 0 Å². The number of rotatable bonds is 9. The van der Waals surface area contributed by atoms with Crippen molar-refractivity contribution in [3.8, 4) is 0 Å². The Bertz CT molecular complexity index is 384. The Morgan fingerprint density at radius 1 is 1.14 bits per heavy atom. The molecule has 0 radical (unpaired) electrons. The average Bonchev–Trinajstić information content (AvgIpc) is 2.98. The minimum Gasteiger partial charge on any atom is -0.374 e. The van der Waals surface area contributed by atoms with Crippen molar-refractivity contribution >= 4 is 0 Å². The zero-order chi connectivity index (χ0) is 15.0. The molecule has 1 aromatic rings. The van der Waals surface area contributed by atoms with Gasteiger partial charge in [-0.1, -0.05) is 50.1 Å². The second kappa shape index (κ2) is 8.55. The van der Waals surface area contributed by atoms with E-state index in [1.165, 1.54) is 44.1 Å². The molecule has 2 rings (SSSR count). The van der Waals surface area contributed by atoms with E-state index in [2.05, 4.69) is 49.5 Å². The maximum absolute atomic E-state index is 6.28. The predicted octanol–water partition coefficient (Wildman–Crippen LogP) is 4.34. The minimum atomic E-state index is 0.0820. The minimum absolute atomic E-state index is 0.0820. The fourth-order valence-corrected chi connectivity index (χ4v) is 3.68. The quantitative estimate of drug-likeness (QED) is 0.730. The van der Waals surface area contributed by atoms with Crippen LogP contribution in [0.1, 0.15) is 57.9 Å². The van der Waals surface area contributed by atoms with Crippen LogP contribution in [0.5, 0.6) is 0 Å². The first-order chi connectivity index (χ1) is 10.3. The molecule has 118 valence electrons. The molecular weight excluding hydrogens is 258 g/mol. The molecule has 0 aromatic heterocycles. The first kappa shape index (κ1) is 16.5. The zero-order valence-corrected chi connectivity index (χ0v) is 13.7. The molecule has 0 heterocycles. The lowest BCUT2D eigenvalue weighted by Gasteiger charge is -2.38. The highest BCUT2D eigenvalue weighted by atomic mass is 16.5. The van der Waals surface area contributed by atoms with Crippen molar-refractivity contribution in [2.24, 2.45) is 0 Å². The lowest BCUT2D eigenvalue weighted by atomic mass is 9.87. The van der Waals surface area contributed by atoms with Gasteiger partial charge >= 0.3 is 0 Å². The third kappa shape index (κ3) is 4.55.